The van der Waals surface area contributed by atoms with Gasteiger partial charge in [-0.2, -0.15) is 0 Å². The van der Waals surface area contributed by atoms with Crippen molar-refractivity contribution >= 4 is 5.97 Å². The molecule has 4 aliphatic carbocycles. The van der Waals surface area contributed by atoms with Crippen LogP contribution in [-0.2, 0) is 4.79 Å². The first kappa shape index (κ1) is 21.6. The molecule has 1 unspecified atom stereocenters. The van der Waals surface area contributed by atoms with Crippen molar-refractivity contribution in [1.82, 2.24) is 0 Å². The molecule has 5 heteroatoms. The topological polar surface area (TPSA) is 98.0 Å². The van der Waals surface area contributed by atoms with E-state index in [2.05, 4.69) is 20.8 Å². The van der Waals surface area contributed by atoms with Crippen molar-refractivity contribution < 1.29 is 25.2 Å². The number of carbonyl (C=O) groups is 1. The SMILES string of the molecule is C[C@H](CCC(=O)O)[C@H]1CC[C@H]2[C@@H]3[C@H](O)[C@H](O)C4C[C@H](O)CC[C@]4(C)[C@H]3CC[C@]12C. The molecule has 0 aromatic rings. The molecule has 0 aromatic carbocycles. The first-order valence-electron chi connectivity index (χ1n) is 11.9. The molecular formula is C24H40O5. The standard InChI is InChI=1S/C24H40O5/c1-13(4-7-19(26)27)15-5-6-16-20-17(9-11-23(15,16)2)24(3)10-8-14(25)12-18(24)21(28)22(20)29/h13-18,20-22,25,28-29H,4-12H2,1-3H3,(H,26,27)/t13-,14-,15-,16+,17+,18?,20+,21-,22+,23-,24-/m1/s1. The Hall–Kier alpha value is -0.650. The maximum Gasteiger partial charge on any atom is 0.303 e. The number of carboxylic acid groups (broad SMARTS) is 1. The molecule has 11 atom stereocenters. The highest BCUT2D eigenvalue weighted by atomic mass is 16.4. The number of carboxylic acids is 1. The molecule has 4 saturated carbocycles. The molecule has 0 saturated heterocycles. The Morgan fingerprint density at radius 3 is 2.28 bits per heavy atom. The molecule has 0 aromatic heterocycles. The Balaban J connectivity index is 1.59. The molecule has 4 N–H and O–H groups in total. The highest BCUT2D eigenvalue weighted by Crippen LogP contribution is 2.68. The first-order chi connectivity index (χ1) is 13.6. The Bertz CT molecular complexity index is 637. The van der Waals surface area contributed by atoms with Crippen molar-refractivity contribution in [2.45, 2.75) is 96.9 Å². The van der Waals surface area contributed by atoms with Gasteiger partial charge in [0, 0.05) is 6.42 Å². The summed E-state index contributed by atoms with van der Waals surface area (Å²) in [6.07, 6.45) is 5.87. The number of hydrogen-bond donors (Lipinski definition) is 4. The summed E-state index contributed by atoms with van der Waals surface area (Å²) in [7, 11) is 0. The van der Waals surface area contributed by atoms with E-state index in [0.717, 1.165) is 44.9 Å². The molecule has 4 fully saturated rings. The van der Waals surface area contributed by atoms with Gasteiger partial charge in [0.05, 0.1) is 18.3 Å². The molecule has 0 heterocycles. The number of aliphatic hydroxyl groups excluding tert-OH is 3. The van der Waals surface area contributed by atoms with Crippen molar-refractivity contribution in [3.63, 3.8) is 0 Å². The van der Waals surface area contributed by atoms with Crippen LogP contribution < -0.4 is 0 Å². The fourth-order valence-electron chi connectivity index (χ4n) is 8.77. The van der Waals surface area contributed by atoms with Crippen LogP contribution in [0.5, 0.6) is 0 Å². The van der Waals surface area contributed by atoms with Gasteiger partial charge < -0.3 is 20.4 Å². The number of aliphatic hydroxyl groups is 3. The van der Waals surface area contributed by atoms with Crippen LogP contribution in [0.4, 0.5) is 0 Å². The van der Waals surface area contributed by atoms with Crippen LogP contribution >= 0.6 is 0 Å². The maximum absolute atomic E-state index is 11.3. The molecule has 29 heavy (non-hydrogen) atoms. The lowest BCUT2D eigenvalue weighted by atomic mass is 9.43. The summed E-state index contributed by atoms with van der Waals surface area (Å²) in [4.78, 5) is 11.1. The minimum Gasteiger partial charge on any atom is -0.481 e. The minimum atomic E-state index is -0.748. The summed E-state index contributed by atoms with van der Waals surface area (Å²) in [5.74, 6) is 1.06. The second kappa shape index (κ2) is 7.49. The van der Waals surface area contributed by atoms with Gasteiger partial charge in [-0.05, 0) is 97.7 Å². The number of rotatable bonds is 4. The zero-order valence-electron chi connectivity index (χ0n) is 18.3. The normalized spacial score (nSPS) is 52.9. The fraction of sp³-hybridized carbons (Fsp3) is 0.958. The molecule has 5 nitrogen and oxygen atoms in total. The summed E-state index contributed by atoms with van der Waals surface area (Å²) >= 11 is 0. The van der Waals surface area contributed by atoms with E-state index in [-0.39, 0.29) is 35.2 Å². The lowest BCUT2D eigenvalue weighted by molar-refractivity contribution is -0.223. The van der Waals surface area contributed by atoms with E-state index >= 15 is 0 Å². The quantitative estimate of drug-likeness (QED) is 0.571. The van der Waals surface area contributed by atoms with Gasteiger partial charge in [-0.3, -0.25) is 4.79 Å². The van der Waals surface area contributed by atoms with Crippen molar-refractivity contribution in [2.75, 3.05) is 0 Å². The van der Waals surface area contributed by atoms with Crippen LogP contribution in [0.15, 0.2) is 0 Å². The molecule has 0 radical (unpaired) electrons. The minimum absolute atomic E-state index is 0.00309. The van der Waals surface area contributed by atoms with E-state index in [1.807, 2.05) is 0 Å². The number of aliphatic carboxylic acids is 1. The van der Waals surface area contributed by atoms with E-state index in [4.69, 9.17) is 5.11 Å². The van der Waals surface area contributed by atoms with Crippen LogP contribution in [0, 0.1) is 46.3 Å². The lowest BCUT2D eigenvalue weighted by Crippen LogP contribution is -2.64. The number of hydrogen-bond acceptors (Lipinski definition) is 4. The Morgan fingerprint density at radius 1 is 0.931 bits per heavy atom. The monoisotopic (exact) mass is 408 g/mol. The van der Waals surface area contributed by atoms with Gasteiger partial charge in [-0.25, -0.2) is 0 Å². The second-order valence-electron chi connectivity index (χ2n) is 11.5. The van der Waals surface area contributed by atoms with Gasteiger partial charge in [0.2, 0.25) is 0 Å². The van der Waals surface area contributed by atoms with Crippen LogP contribution in [0.25, 0.3) is 0 Å². The molecular weight excluding hydrogens is 368 g/mol. The third-order valence-corrected chi connectivity index (χ3v) is 10.3. The van der Waals surface area contributed by atoms with Gasteiger partial charge in [0.15, 0.2) is 0 Å². The molecule has 0 aliphatic heterocycles. The summed E-state index contributed by atoms with van der Waals surface area (Å²) < 4.78 is 0. The Kier molecular flexibility index (Phi) is 5.57. The van der Waals surface area contributed by atoms with Crippen molar-refractivity contribution in [3.8, 4) is 0 Å². The molecule has 4 rings (SSSR count). The van der Waals surface area contributed by atoms with Crippen LogP contribution in [-0.4, -0.2) is 44.7 Å². The zero-order valence-corrected chi connectivity index (χ0v) is 18.3. The average Bonchev–Trinajstić information content (AvgIpc) is 3.02. The molecule has 0 spiro atoms. The summed E-state index contributed by atoms with van der Waals surface area (Å²) in [5, 5.41) is 41.7. The van der Waals surface area contributed by atoms with Crippen molar-refractivity contribution in [2.24, 2.45) is 46.3 Å². The summed E-state index contributed by atoms with van der Waals surface area (Å²) in [5.41, 5.74) is 0.119. The van der Waals surface area contributed by atoms with Crippen molar-refractivity contribution in [1.29, 1.82) is 0 Å². The molecule has 166 valence electrons. The van der Waals surface area contributed by atoms with Gasteiger partial charge in [0.1, 0.15) is 0 Å². The molecule has 4 aliphatic rings. The smallest absolute Gasteiger partial charge is 0.303 e. The predicted molar refractivity (Wildman–Crippen MR) is 110 cm³/mol. The van der Waals surface area contributed by atoms with E-state index in [0.29, 0.717) is 30.1 Å². The van der Waals surface area contributed by atoms with E-state index in [9.17, 15) is 20.1 Å². The largest absolute Gasteiger partial charge is 0.481 e. The third-order valence-electron chi connectivity index (χ3n) is 10.3. The van der Waals surface area contributed by atoms with Gasteiger partial charge in [-0.15, -0.1) is 0 Å². The average molecular weight is 409 g/mol. The Morgan fingerprint density at radius 2 is 1.59 bits per heavy atom. The van der Waals surface area contributed by atoms with Gasteiger partial charge in [0.25, 0.3) is 0 Å². The zero-order chi connectivity index (χ0) is 21.1. The third kappa shape index (κ3) is 3.27. The maximum atomic E-state index is 11.3. The molecule has 0 amide bonds. The van der Waals surface area contributed by atoms with Gasteiger partial charge in [-0.1, -0.05) is 20.8 Å². The highest BCUT2D eigenvalue weighted by molar-refractivity contribution is 5.66. The predicted octanol–water partition coefficient (Wildman–Crippen LogP) is 3.45. The van der Waals surface area contributed by atoms with E-state index in [1.54, 1.807) is 0 Å². The molecule has 0 bridgehead atoms. The lowest BCUT2D eigenvalue weighted by Gasteiger charge is -2.63. The van der Waals surface area contributed by atoms with Crippen LogP contribution in [0.2, 0.25) is 0 Å². The number of fused-ring (bicyclic) bond motifs is 5. The van der Waals surface area contributed by atoms with Crippen LogP contribution in [0.1, 0.15) is 78.6 Å². The first-order valence-corrected chi connectivity index (χ1v) is 11.9. The summed E-state index contributed by atoms with van der Waals surface area (Å²) in [6.45, 7) is 6.89. The fourth-order valence-corrected chi connectivity index (χ4v) is 8.77. The van der Waals surface area contributed by atoms with E-state index < -0.39 is 18.2 Å². The second-order valence-corrected chi connectivity index (χ2v) is 11.5. The summed E-state index contributed by atoms with van der Waals surface area (Å²) in [6, 6.07) is 0. The van der Waals surface area contributed by atoms with Crippen LogP contribution in [0.3, 0.4) is 0 Å². The Labute approximate surface area is 174 Å². The highest BCUT2D eigenvalue weighted by Gasteiger charge is 2.65. The van der Waals surface area contributed by atoms with E-state index in [1.165, 1.54) is 0 Å². The van der Waals surface area contributed by atoms with Crippen molar-refractivity contribution in [3.05, 3.63) is 0 Å². The van der Waals surface area contributed by atoms with Gasteiger partial charge >= 0.3 is 5.97 Å².